The van der Waals surface area contributed by atoms with Crippen LogP contribution < -0.4 is 10.6 Å². The Bertz CT molecular complexity index is 701. The molecule has 0 fully saturated rings. The summed E-state index contributed by atoms with van der Waals surface area (Å²) in [5, 5.41) is 5.96. The number of nitrogens with one attached hydrogen (secondary N) is 2. The fourth-order valence-corrected chi connectivity index (χ4v) is 2.60. The maximum absolute atomic E-state index is 12.3. The van der Waals surface area contributed by atoms with Gasteiger partial charge in [0.05, 0.1) is 17.5 Å². The van der Waals surface area contributed by atoms with E-state index in [9.17, 15) is 9.59 Å². The van der Waals surface area contributed by atoms with Crippen LogP contribution in [0.4, 0.5) is 0 Å². The number of rotatable bonds is 6. The van der Waals surface area contributed by atoms with Crippen molar-refractivity contribution in [3.63, 3.8) is 0 Å². The molecule has 0 saturated carbocycles. The molecule has 0 aliphatic heterocycles. The predicted octanol–water partition coefficient (Wildman–Crippen LogP) is 1.63. The average molecular weight is 334 g/mol. The summed E-state index contributed by atoms with van der Waals surface area (Å²) in [6.45, 7) is 3.90. The van der Waals surface area contributed by atoms with Crippen LogP contribution in [0.5, 0.6) is 0 Å². The zero-order valence-corrected chi connectivity index (χ0v) is 14.0. The van der Waals surface area contributed by atoms with Crippen molar-refractivity contribution < 1.29 is 14.0 Å². The Hall–Kier alpha value is -2.35. The molecule has 7 nitrogen and oxygen atoms in total. The third-order valence-corrected chi connectivity index (χ3v) is 3.69. The van der Waals surface area contributed by atoms with Crippen LogP contribution >= 0.6 is 11.8 Å². The Morgan fingerprint density at radius 1 is 1.26 bits per heavy atom. The molecule has 2 amide bonds. The Kier molecular flexibility index (Phi) is 5.75. The lowest BCUT2D eigenvalue weighted by molar-refractivity contribution is -0.118. The number of amides is 2. The zero-order valence-electron chi connectivity index (χ0n) is 13.2. The van der Waals surface area contributed by atoms with Crippen molar-refractivity contribution in [2.75, 3.05) is 19.3 Å². The Balaban J connectivity index is 2.18. The molecule has 2 N–H and O–H groups in total. The molecule has 2 rings (SSSR count). The molecular formula is C15H18N4O3S. The molecule has 2 aromatic rings. The largest absolute Gasteiger partial charge is 0.461 e. The highest BCUT2D eigenvalue weighted by atomic mass is 32.2. The molecule has 0 bridgehead atoms. The summed E-state index contributed by atoms with van der Waals surface area (Å²) < 4.78 is 5.30. The lowest BCUT2D eigenvalue weighted by atomic mass is 10.2. The van der Waals surface area contributed by atoms with Crippen molar-refractivity contribution in [2.45, 2.75) is 18.9 Å². The van der Waals surface area contributed by atoms with Gasteiger partial charge < -0.3 is 15.1 Å². The smallest absolute Gasteiger partial charge is 0.255 e. The number of thioether (sulfide) groups is 1. The second-order valence-electron chi connectivity index (χ2n) is 4.73. The van der Waals surface area contributed by atoms with E-state index in [2.05, 4.69) is 20.6 Å². The normalized spacial score (nSPS) is 10.4. The van der Waals surface area contributed by atoms with Gasteiger partial charge in [-0.05, 0) is 25.3 Å². The maximum Gasteiger partial charge on any atom is 0.255 e. The van der Waals surface area contributed by atoms with E-state index in [1.54, 1.807) is 25.3 Å². The molecule has 0 saturated heterocycles. The quantitative estimate of drug-likeness (QED) is 0.473. The van der Waals surface area contributed by atoms with Gasteiger partial charge in [-0.25, -0.2) is 9.97 Å². The summed E-state index contributed by atoms with van der Waals surface area (Å²) in [5.41, 5.74) is 1.02. The average Bonchev–Trinajstić information content (AvgIpc) is 3.04. The van der Waals surface area contributed by atoms with E-state index in [0.717, 1.165) is 0 Å². The molecule has 0 unspecified atom stereocenters. The first kappa shape index (κ1) is 17.0. The fraction of sp³-hybridized carbons (Fsp3) is 0.333. The molecule has 23 heavy (non-hydrogen) atoms. The van der Waals surface area contributed by atoms with Gasteiger partial charge in [-0.1, -0.05) is 0 Å². The fourth-order valence-electron chi connectivity index (χ4n) is 1.97. The number of hydrogen-bond donors (Lipinski definition) is 2. The van der Waals surface area contributed by atoms with E-state index in [1.165, 1.54) is 18.7 Å². The highest BCUT2D eigenvalue weighted by molar-refractivity contribution is 7.98. The van der Waals surface area contributed by atoms with Gasteiger partial charge >= 0.3 is 0 Å². The van der Waals surface area contributed by atoms with E-state index in [-0.39, 0.29) is 11.8 Å². The number of nitrogens with zero attached hydrogens (tertiary/aromatic N) is 2. The second kappa shape index (κ2) is 7.77. The summed E-state index contributed by atoms with van der Waals surface area (Å²) in [5.74, 6) is 0.613. The van der Waals surface area contributed by atoms with Crippen molar-refractivity contribution in [1.82, 2.24) is 20.6 Å². The molecule has 2 heterocycles. The molecule has 0 aliphatic rings. The molecule has 8 heteroatoms. The van der Waals surface area contributed by atoms with Crippen LogP contribution in [0, 0.1) is 6.92 Å². The van der Waals surface area contributed by atoms with Crippen LogP contribution in [0.3, 0.4) is 0 Å². The Morgan fingerprint density at radius 3 is 2.61 bits per heavy atom. The number of hydrogen-bond acceptors (Lipinski definition) is 6. The van der Waals surface area contributed by atoms with Crippen LogP contribution in [0.1, 0.15) is 23.0 Å². The summed E-state index contributed by atoms with van der Waals surface area (Å²) in [7, 11) is 0. The Morgan fingerprint density at radius 2 is 2.00 bits per heavy atom. The first-order chi connectivity index (χ1) is 11.0. The molecule has 0 spiro atoms. The Labute approximate surface area is 138 Å². The minimum atomic E-state index is -0.261. The van der Waals surface area contributed by atoms with Gasteiger partial charge in [-0.2, -0.15) is 0 Å². The molecule has 0 aliphatic carbocycles. The lowest BCUT2D eigenvalue weighted by Gasteiger charge is -2.11. The van der Waals surface area contributed by atoms with Crippen molar-refractivity contribution in [3.05, 3.63) is 29.7 Å². The van der Waals surface area contributed by atoms with Gasteiger partial charge in [-0.3, -0.25) is 9.59 Å². The van der Waals surface area contributed by atoms with Crippen molar-refractivity contribution in [1.29, 1.82) is 0 Å². The highest BCUT2D eigenvalue weighted by Gasteiger charge is 2.19. The van der Waals surface area contributed by atoms with Crippen LogP contribution in [-0.2, 0) is 4.79 Å². The zero-order chi connectivity index (χ0) is 16.8. The van der Waals surface area contributed by atoms with Gasteiger partial charge in [0.15, 0.2) is 11.6 Å². The maximum atomic E-state index is 12.3. The number of aryl methyl sites for hydroxylation is 1. The monoisotopic (exact) mass is 334 g/mol. The van der Waals surface area contributed by atoms with Crippen molar-refractivity contribution in [3.8, 4) is 11.6 Å². The topological polar surface area (TPSA) is 97.1 Å². The van der Waals surface area contributed by atoms with Crippen LogP contribution in [0.25, 0.3) is 11.6 Å². The van der Waals surface area contributed by atoms with Gasteiger partial charge in [0.25, 0.3) is 5.91 Å². The number of furan rings is 1. The first-order valence-corrected chi connectivity index (χ1v) is 8.24. The van der Waals surface area contributed by atoms with Gasteiger partial charge in [-0.15, -0.1) is 11.8 Å². The van der Waals surface area contributed by atoms with E-state index in [1.807, 2.05) is 6.26 Å². The van der Waals surface area contributed by atoms with E-state index >= 15 is 0 Å². The first-order valence-electron chi connectivity index (χ1n) is 7.02. The highest BCUT2D eigenvalue weighted by Crippen LogP contribution is 2.24. The van der Waals surface area contributed by atoms with Crippen LogP contribution in [0.15, 0.2) is 27.8 Å². The summed E-state index contributed by atoms with van der Waals surface area (Å²) in [6, 6.07) is 3.53. The second-order valence-corrected chi connectivity index (χ2v) is 5.53. The van der Waals surface area contributed by atoms with Crippen LogP contribution in [0.2, 0.25) is 0 Å². The summed E-state index contributed by atoms with van der Waals surface area (Å²) in [4.78, 5) is 31.9. The third kappa shape index (κ3) is 4.32. The van der Waals surface area contributed by atoms with E-state index in [0.29, 0.717) is 41.0 Å². The third-order valence-electron chi connectivity index (χ3n) is 3.00. The molecule has 0 aromatic carbocycles. The number of aromatic nitrogens is 2. The molecular weight excluding hydrogens is 316 g/mol. The van der Waals surface area contributed by atoms with Crippen LogP contribution in [-0.4, -0.2) is 41.1 Å². The van der Waals surface area contributed by atoms with Gasteiger partial charge in [0, 0.05) is 20.0 Å². The van der Waals surface area contributed by atoms with Crippen molar-refractivity contribution in [2.24, 2.45) is 0 Å². The minimum absolute atomic E-state index is 0.133. The van der Waals surface area contributed by atoms with Crippen molar-refractivity contribution >= 4 is 23.6 Å². The molecule has 0 atom stereocenters. The van der Waals surface area contributed by atoms with E-state index < -0.39 is 0 Å². The minimum Gasteiger partial charge on any atom is -0.461 e. The SMILES string of the molecule is CSc1nc(-c2ccco2)nc(C)c1C(=O)NCCNC(C)=O. The molecule has 0 radical (unpaired) electrons. The molecule has 2 aromatic heterocycles. The number of carbonyl (C=O) groups is 2. The molecule has 122 valence electrons. The van der Waals surface area contributed by atoms with Gasteiger partial charge in [0.2, 0.25) is 5.91 Å². The van der Waals surface area contributed by atoms with Gasteiger partial charge in [0.1, 0.15) is 5.03 Å². The predicted molar refractivity (Wildman–Crippen MR) is 87.3 cm³/mol. The van der Waals surface area contributed by atoms with E-state index in [4.69, 9.17) is 4.42 Å². The summed E-state index contributed by atoms with van der Waals surface area (Å²) in [6.07, 6.45) is 3.40. The number of carbonyl (C=O) groups excluding carboxylic acids is 2. The standard InChI is InChI=1S/C15H18N4O3S/c1-9-12(14(21)17-7-6-16-10(2)20)15(23-3)19-13(18-9)11-5-4-8-22-11/h4-5,8H,6-7H2,1-3H3,(H,16,20)(H,17,21). The summed E-state index contributed by atoms with van der Waals surface area (Å²) >= 11 is 1.37. The lowest BCUT2D eigenvalue weighted by Crippen LogP contribution is -2.34.